The molecule has 2 rings (SSSR count). The molecule has 1 atom stereocenters. The first-order valence-electron chi connectivity index (χ1n) is 7.31. The lowest BCUT2D eigenvalue weighted by molar-refractivity contribution is -0.384. The average molecular weight is 368 g/mol. The van der Waals surface area contributed by atoms with Crippen molar-refractivity contribution in [2.24, 2.45) is 0 Å². The van der Waals surface area contributed by atoms with Gasteiger partial charge >= 0.3 is 11.9 Å². The summed E-state index contributed by atoms with van der Waals surface area (Å²) in [5.74, 6) is -0.976. The number of non-ortho nitro benzene ring substituents is 1. The molecule has 1 aromatic rings. The van der Waals surface area contributed by atoms with Gasteiger partial charge in [-0.1, -0.05) is 0 Å². The number of nitrogens with zero attached hydrogens (tertiary/aromatic N) is 2. The zero-order valence-electron chi connectivity index (χ0n) is 13.4. The van der Waals surface area contributed by atoms with Crippen molar-refractivity contribution < 1.29 is 28.8 Å². The van der Waals surface area contributed by atoms with Crippen LogP contribution in [0.1, 0.15) is 10.4 Å². The third kappa shape index (κ3) is 4.92. The van der Waals surface area contributed by atoms with E-state index >= 15 is 0 Å². The third-order valence-corrected chi connectivity index (χ3v) is 4.69. The highest BCUT2D eigenvalue weighted by molar-refractivity contribution is 8.00. The lowest BCUT2D eigenvalue weighted by Gasteiger charge is -2.30. The van der Waals surface area contributed by atoms with Gasteiger partial charge in [-0.05, 0) is 12.1 Å². The van der Waals surface area contributed by atoms with Crippen LogP contribution >= 0.6 is 11.8 Å². The first-order valence-corrected chi connectivity index (χ1v) is 8.36. The van der Waals surface area contributed by atoms with Crippen LogP contribution < -0.4 is 0 Å². The number of esters is 2. The highest BCUT2D eigenvalue weighted by Gasteiger charge is 2.30. The molecule has 0 aromatic heterocycles. The number of benzene rings is 1. The zero-order valence-corrected chi connectivity index (χ0v) is 14.2. The van der Waals surface area contributed by atoms with E-state index in [4.69, 9.17) is 4.74 Å². The van der Waals surface area contributed by atoms with E-state index in [1.165, 1.54) is 48.0 Å². The minimum Gasteiger partial charge on any atom is -0.468 e. The number of ether oxygens (including phenoxy) is 2. The van der Waals surface area contributed by atoms with Gasteiger partial charge in [-0.2, -0.15) is 0 Å². The summed E-state index contributed by atoms with van der Waals surface area (Å²) >= 11 is 1.41. The van der Waals surface area contributed by atoms with Gasteiger partial charge in [-0.15, -0.1) is 11.8 Å². The summed E-state index contributed by atoms with van der Waals surface area (Å²) < 4.78 is 9.61. The molecule has 0 radical (unpaired) electrons. The van der Waals surface area contributed by atoms with Gasteiger partial charge in [-0.3, -0.25) is 19.7 Å². The van der Waals surface area contributed by atoms with Crippen molar-refractivity contribution in [3.63, 3.8) is 0 Å². The molecule has 0 bridgehead atoms. The monoisotopic (exact) mass is 368 g/mol. The molecule has 1 aliphatic rings. The Kier molecular flexibility index (Phi) is 6.34. The summed E-state index contributed by atoms with van der Waals surface area (Å²) in [5, 5.41) is 10.1. The van der Waals surface area contributed by atoms with Crippen LogP contribution in [-0.2, 0) is 19.1 Å². The molecule has 1 fully saturated rings. The van der Waals surface area contributed by atoms with Crippen molar-refractivity contribution in [1.29, 1.82) is 0 Å². The molecule has 0 spiro atoms. The Labute approximate surface area is 147 Å². The van der Waals surface area contributed by atoms with Crippen molar-refractivity contribution in [1.82, 2.24) is 4.90 Å². The molecule has 1 aliphatic heterocycles. The maximum absolute atomic E-state index is 12.1. The molecular weight excluding hydrogens is 352 g/mol. The second-order valence-corrected chi connectivity index (χ2v) is 6.41. The largest absolute Gasteiger partial charge is 0.468 e. The number of carbonyl (C=O) groups is 3. The Morgan fingerprint density at radius 1 is 1.32 bits per heavy atom. The fraction of sp³-hybridized carbons (Fsp3) is 0.400. The Morgan fingerprint density at radius 2 is 2.00 bits per heavy atom. The summed E-state index contributed by atoms with van der Waals surface area (Å²) in [5.41, 5.74) is -0.0349. The minimum atomic E-state index is -0.751. The Morgan fingerprint density at radius 3 is 2.60 bits per heavy atom. The lowest BCUT2D eigenvalue weighted by Crippen LogP contribution is -2.46. The van der Waals surface area contributed by atoms with E-state index in [0.717, 1.165) is 0 Å². The fourth-order valence-electron chi connectivity index (χ4n) is 2.17. The van der Waals surface area contributed by atoms with Crippen LogP contribution in [0.2, 0.25) is 0 Å². The molecule has 1 aromatic carbocycles. The van der Waals surface area contributed by atoms with Crippen molar-refractivity contribution in [3.05, 3.63) is 39.9 Å². The molecule has 1 amide bonds. The first-order chi connectivity index (χ1) is 11.9. The van der Waals surface area contributed by atoms with Crippen molar-refractivity contribution in [3.8, 4) is 0 Å². The van der Waals surface area contributed by atoms with Gasteiger partial charge in [0.15, 0.2) is 6.61 Å². The van der Waals surface area contributed by atoms with E-state index in [0.29, 0.717) is 12.3 Å². The lowest BCUT2D eigenvalue weighted by atomic mass is 10.2. The van der Waals surface area contributed by atoms with Crippen molar-refractivity contribution in [2.75, 3.05) is 32.6 Å². The number of nitro groups is 1. The summed E-state index contributed by atoms with van der Waals surface area (Å²) in [7, 11) is 1.29. The van der Waals surface area contributed by atoms with Gasteiger partial charge in [-0.25, -0.2) is 4.79 Å². The van der Waals surface area contributed by atoms with Crippen molar-refractivity contribution in [2.45, 2.75) is 5.25 Å². The topological polar surface area (TPSA) is 116 Å². The van der Waals surface area contributed by atoms with Crippen LogP contribution in [0.3, 0.4) is 0 Å². The molecule has 134 valence electrons. The standard InChI is InChI=1S/C15H16N2O7S/c1-23-15(20)12-8-16(6-7-25-12)13(18)9-24-14(19)10-2-4-11(5-3-10)17(21)22/h2-5,12H,6-9H2,1H3/t12-/m1/s1. The van der Waals surface area contributed by atoms with Crippen LogP contribution in [-0.4, -0.2) is 65.5 Å². The number of methoxy groups -OCH3 is 1. The molecule has 0 N–H and O–H groups in total. The van der Waals surface area contributed by atoms with Crippen LogP contribution in [0, 0.1) is 10.1 Å². The molecule has 10 heteroatoms. The van der Waals surface area contributed by atoms with E-state index < -0.39 is 34.6 Å². The first kappa shape index (κ1) is 18.7. The predicted molar refractivity (Wildman–Crippen MR) is 88.2 cm³/mol. The zero-order chi connectivity index (χ0) is 18.4. The number of carbonyl (C=O) groups excluding carboxylic acids is 3. The quantitative estimate of drug-likeness (QED) is 0.427. The highest BCUT2D eigenvalue weighted by Crippen LogP contribution is 2.20. The van der Waals surface area contributed by atoms with E-state index in [-0.39, 0.29) is 17.8 Å². The highest BCUT2D eigenvalue weighted by atomic mass is 32.2. The number of hydrogen-bond acceptors (Lipinski definition) is 8. The molecule has 1 saturated heterocycles. The van der Waals surface area contributed by atoms with Gasteiger partial charge in [0.25, 0.3) is 11.6 Å². The summed E-state index contributed by atoms with van der Waals surface area (Å²) in [4.78, 5) is 47.0. The number of thioether (sulfide) groups is 1. The summed E-state index contributed by atoms with van der Waals surface area (Å²) in [6.07, 6.45) is 0. The molecular formula is C15H16N2O7S. The summed E-state index contributed by atoms with van der Waals surface area (Å²) in [6, 6.07) is 4.88. The van der Waals surface area contributed by atoms with Gasteiger partial charge in [0.05, 0.1) is 17.6 Å². The molecule has 9 nitrogen and oxygen atoms in total. The SMILES string of the molecule is COC(=O)[C@H]1CN(C(=O)COC(=O)c2ccc([N+](=O)[O-])cc2)CCS1. The predicted octanol–water partition coefficient (Wildman–Crippen LogP) is 0.869. The second kappa shape index (κ2) is 8.47. The normalized spacial score (nSPS) is 16.8. The Bertz CT molecular complexity index is 677. The number of amides is 1. The van der Waals surface area contributed by atoms with Crippen LogP contribution in [0.5, 0.6) is 0 Å². The molecule has 0 aliphatic carbocycles. The molecule has 0 saturated carbocycles. The average Bonchev–Trinajstić information content (AvgIpc) is 2.65. The third-order valence-electron chi connectivity index (χ3n) is 3.52. The van der Waals surface area contributed by atoms with Gasteiger partial charge in [0.1, 0.15) is 5.25 Å². The van der Waals surface area contributed by atoms with Gasteiger partial charge in [0.2, 0.25) is 0 Å². The maximum atomic E-state index is 12.1. The minimum absolute atomic E-state index is 0.111. The van der Waals surface area contributed by atoms with Crippen LogP contribution in [0.4, 0.5) is 5.69 Å². The second-order valence-electron chi connectivity index (χ2n) is 5.10. The Balaban J connectivity index is 1.87. The van der Waals surface area contributed by atoms with Gasteiger partial charge < -0.3 is 14.4 Å². The molecule has 1 heterocycles. The number of rotatable bonds is 5. The molecule has 0 unspecified atom stereocenters. The smallest absolute Gasteiger partial charge is 0.338 e. The maximum Gasteiger partial charge on any atom is 0.338 e. The van der Waals surface area contributed by atoms with E-state index in [2.05, 4.69) is 4.74 Å². The fourth-order valence-corrected chi connectivity index (χ4v) is 3.30. The van der Waals surface area contributed by atoms with E-state index in [1.54, 1.807) is 0 Å². The summed E-state index contributed by atoms with van der Waals surface area (Å²) in [6.45, 7) is 0.186. The van der Waals surface area contributed by atoms with Gasteiger partial charge in [0, 0.05) is 31.0 Å². The van der Waals surface area contributed by atoms with E-state index in [9.17, 15) is 24.5 Å². The van der Waals surface area contributed by atoms with Crippen LogP contribution in [0.25, 0.3) is 0 Å². The number of nitro benzene ring substituents is 1. The Hall–Kier alpha value is -2.62. The van der Waals surface area contributed by atoms with E-state index in [1.807, 2.05) is 0 Å². The van der Waals surface area contributed by atoms with Crippen LogP contribution in [0.15, 0.2) is 24.3 Å². The van der Waals surface area contributed by atoms with Crippen molar-refractivity contribution >= 4 is 35.3 Å². The molecule has 25 heavy (non-hydrogen) atoms. The number of hydrogen-bond donors (Lipinski definition) is 0.